The molecule has 9 heteroatoms. The Morgan fingerprint density at radius 2 is 1.93 bits per heavy atom. The minimum absolute atomic E-state index is 0.157. The van der Waals surface area contributed by atoms with Gasteiger partial charge in [-0.3, -0.25) is 9.59 Å². The van der Waals surface area contributed by atoms with Crippen molar-refractivity contribution in [1.29, 1.82) is 0 Å². The number of halogens is 2. The Morgan fingerprint density at radius 1 is 1.14 bits per heavy atom. The second-order valence-electron chi connectivity index (χ2n) is 5.97. The first kappa shape index (κ1) is 22.9. The SMILES string of the molecule is CCNC(=O)c1cccc(NC(=S)NC(=O)CCCOc2ccc(Cl)cc2Cl)c1. The van der Waals surface area contributed by atoms with Gasteiger partial charge < -0.3 is 20.7 Å². The van der Waals surface area contributed by atoms with Gasteiger partial charge in [0.2, 0.25) is 5.91 Å². The smallest absolute Gasteiger partial charge is 0.251 e. The van der Waals surface area contributed by atoms with Crippen LogP contribution in [0.2, 0.25) is 10.0 Å². The molecule has 2 aromatic carbocycles. The third-order valence-electron chi connectivity index (χ3n) is 3.67. The van der Waals surface area contributed by atoms with E-state index in [1.165, 1.54) is 0 Å². The van der Waals surface area contributed by atoms with Gasteiger partial charge in [-0.15, -0.1) is 0 Å². The van der Waals surface area contributed by atoms with Crippen molar-refractivity contribution in [2.75, 3.05) is 18.5 Å². The normalized spacial score (nSPS) is 10.2. The van der Waals surface area contributed by atoms with E-state index in [4.69, 9.17) is 40.2 Å². The molecule has 0 atom stereocenters. The highest BCUT2D eigenvalue weighted by Gasteiger charge is 2.08. The minimum atomic E-state index is -0.242. The fourth-order valence-electron chi connectivity index (χ4n) is 2.36. The molecule has 2 aromatic rings. The maximum atomic E-state index is 12.0. The molecule has 0 saturated heterocycles. The van der Waals surface area contributed by atoms with Crippen LogP contribution in [0.1, 0.15) is 30.1 Å². The first-order valence-electron chi connectivity index (χ1n) is 8.96. The number of amides is 2. The molecule has 2 rings (SSSR count). The molecule has 0 aliphatic rings. The van der Waals surface area contributed by atoms with Gasteiger partial charge >= 0.3 is 0 Å². The van der Waals surface area contributed by atoms with E-state index >= 15 is 0 Å². The van der Waals surface area contributed by atoms with Crippen molar-refractivity contribution in [1.82, 2.24) is 10.6 Å². The maximum Gasteiger partial charge on any atom is 0.251 e. The molecule has 0 spiro atoms. The van der Waals surface area contributed by atoms with Crippen molar-refractivity contribution in [3.63, 3.8) is 0 Å². The summed E-state index contributed by atoms with van der Waals surface area (Å²) in [5, 5.41) is 9.33. The topological polar surface area (TPSA) is 79.5 Å². The standard InChI is InChI=1S/C20H21Cl2N3O3S/c1-2-23-19(27)13-5-3-6-15(11-13)24-20(29)25-18(26)7-4-10-28-17-9-8-14(21)12-16(17)22/h3,5-6,8-9,11-12H,2,4,7,10H2,1H3,(H,23,27)(H2,24,25,26,29). The molecule has 0 bridgehead atoms. The Morgan fingerprint density at radius 3 is 2.66 bits per heavy atom. The highest BCUT2D eigenvalue weighted by Crippen LogP contribution is 2.27. The number of carbonyl (C=O) groups excluding carboxylic acids is 2. The molecule has 0 saturated carbocycles. The number of ether oxygens (including phenoxy) is 1. The molecule has 0 aliphatic carbocycles. The number of nitrogens with one attached hydrogen (secondary N) is 3. The van der Waals surface area contributed by atoms with Gasteiger partial charge in [0, 0.05) is 29.2 Å². The highest BCUT2D eigenvalue weighted by molar-refractivity contribution is 7.80. The van der Waals surface area contributed by atoms with Gasteiger partial charge in [0.15, 0.2) is 5.11 Å². The Kier molecular flexibility index (Phi) is 9.18. The molecular weight excluding hydrogens is 433 g/mol. The lowest BCUT2D eigenvalue weighted by Crippen LogP contribution is -2.34. The summed E-state index contributed by atoms with van der Waals surface area (Å²) in [5.41, 5.74) is 1.11. The van der Waals surface area contributed by atoms with Crippen LogP contribution in [-0.2, 0) is 4.79 Å². The van der Waals surface area contributed by atoms with E-state index in [-0.39, 0.29) is 23.3 Å². The summed E-state index contributed by atoms with van der Waals surface area (Å²) in [7, 11) is 0. The zero-order valence-electron chi connectivity index (χ0n) is 15.8. The van der Waals surface area contributed by atoms with Gasteiger partial charge in [0.1, 0.15) is 5.75 Å². The van der Waals surface area contributed by atoms with Crippen LogP contribution >= 0.6 is 35.4 Å². The lowest BCUT2D eigenvalue weighted by molar-refractivity contribution is -0.119. The quantitative estimate of drug-likeness (QED) is 0.407. The van der Waals surface area contributed by atoms with E-state index in [2.05, 4.69) is 16.0 Å². The van der Waals surface area contributed by atoms with Crippen LogP contribution in [0.3, 0.4) is 0 Å². The number of carbonyl (C=O) groups is 2. The third-order valence-corrected chi connectivity index (χ3v) is 4.41. The van der Waals surface area contributed by atoms with Crippen molar-refractivity contribution in [3.8, 4) is 5.75 Å². The van der Waals surface area contributed by atoms with Crippen molar-refractivity contribution in [2.45, 2.75) is 19.8 Å². The number of rotatable bonds is 8. The fraction of sp³-hybridized carbons (Fsp3) is 0.250. The summed E-state index contributed by atoms with van der Waals surface area (Å²) >= 11 is 17.0. The summed E-state index contributed by atoms with van der Waals surface area (Å²) < 4.78 is 5.54. The molecule has 0 heterocycles. The van der Waals surface area contributed by atoms with E-state index in [0.717, 1.165) is 0 Å². The average molecular weight is 454 g/mol. The second-order valence-corrected chi connectivity index (χ2v) is 7.22. The van der Waals surface area contributed by atoms with E-state index in [9.17, 15) is 9.59 Å². The van der Waals surface area contributed by atoms with Crippen LogP contribution in [-0.4, -0.2) is 30.1 Å². The van der Waals surface area contributed by atoms with Crippen LogP contribution in [0.15, 0.2) is 42.5 Å². The summed E-state index contributed by atoms with van der Waals surface area (Å²) in [6.07, 6.45) is 0.714. The molecule has 2 amide bonds. The van der Waals surface area contributed by atoms with E-state index in [1.807, 2.05) is 6.92 Å². The molecule has 0 aromatic heterocycles. The predicted molar refractivity (Wildman–Crippen MR) is 120 cm³/mol. The van der Waals surface area contributed by atoms with Crippen LogP contribution in [0, 0.1) is 0 Å². The van der Waals surface area contributed by atoms with Gasteiger partial charge in [-0.25, -0.2) is 0 Å². The Labute approximate surface area is 184 Å². The van der Waals surface area contributed by atoms with E-state index in [0.29, 0.717) is 46.6 Å². The van der Waals surface area contributed by atoms with Crippen molar-refractivity contribution >= 4 is 58.0 Å². The Balaban J connectivity index is 1.74. The molecule has 0 radical (unpaired) electrons. The number of benzene rings is 2. The highest BCUT2D eigenvalue weighted by atomic mass is 35.5. The lowest BCUT2D eigenvalue weighted by Gasteiger charge is -2.11. The molecular formula is C20H21Cl2N3O3S. The molecule has 3 N–H and O–H groups in total. The largest absolute Gasteiger partial charge is 0.492 e. The summed E-state index contributed by atoms with van der Waals surface area (Å²) in [4.78, 5) is 23.9. The monoisotopic (exact) mass is 453 g/mol. The summed E-state index contributed by atoms with van der Waals surface area (Å²) in [6.45, 7) is 2.71. The predicted octanol–water partition coefficient (Wildman–Crippen LogP) is 4.42. The number of thiocarbonyl (C=S) groups is 1. The van der Waals surface area contributed by atoms with Gasteiger partial charge in [-0.1, -0.05) is 29.3 Å². The summed E-state index contributed by atoms with van der Waals surface area (Å²) in [5.74, 6) is 0.0979. The molecule has 6 nitrogen and oxygen atoms in total. The van der Waals surface area contributed by atoms with Crippen LogP contribution in [0.5, 0.6) is 5.75 Å². The van der Waals surface area contributed by atoms with Crippen molar-refractivity contribution < 1.29 is 14.3 Å². The number of hydrogen-bond donors (Lipinski definition) is 3. The Bertz CT molecular complexity index is 893. The molecule has 0 fully saturated rings. The molecule has 154 valence electrons. The van der Waals surface area contributed by atoms with Crippen molar-refractivity contribution in [3.05, 3.63) is 58.1 Å². The third kappa shape index (κ3) is 7.89. The Hall–Kier alpha value is -2.35. The van der Waals surface area contributed by atoms with Crippen LogP contribution in [0.4, 0.5) is 5.69 Å². The van der Waals surface area contributed by atoms with Gasteiger partial charge in [0.05, 0.1) is 11.6 Å². The van der Waals surface area contributed by atoms with Gasteiger partial charge in [-0.05, 0) is 62.0 Å². The zero-order chi connectivity index (χ0) is 21.2. The molecule has 0 aliphatic heterocycles. The zero-order valence-corrected chi connectivity index (χ0v) is 18.1. The first-order valence-corrected chi connectivity index (χ1v) is 10.1. The first-order chi connectivity index (χ1) is 13.9. The minimum Gasteiger partial charge on any atom is -0.492 e. The van der Waals surface area contributed by atoms with E-state index in [1.54, 1.807) is 42.5 Å². The lowest BCUT2D eigenvalue weighted by atomic mass is 10.2. The summed E-state index contributed by atoms with van der Waals surface area (Å²) in [6, 6.07) is 11.8. The van der Waals surface area contributed by atoms with Crippen LogP contribution < -0.4 is 20.7 Å². The number of hydrogen-bond acceptors (Lipinski definition) is 4. The van der Waals surface area contributed by atoms with Crippen LogP contribution in [0.25, 0.3) is 0 Å². The molecule has 29 heavy (non-hydrogen) atoms. The number of anilines is 1. The average Bonchev–Trinajstić information content (AvgIpc) is 2.67. The fourth-order valence-corrected chi connectivity index (χ4v) is 3.05. The molecule has 0 unspecified atom stereocenters. The maximum absolute atomic E-state index is 12.0. The van der Waals surface area contributed by atoms with E-state index < -0.39 is 0 Å². The van der Waals surface area contributed by atoms with Crippen molar-refractivity contribution in [2.24, 2.45) is 0 Å². The van der Waals surface area contributed by atoms with Gasteiger partial charge in [-0.2, -0.15) is 0 Å². The second kappa shape index (κ2) is 11.6. The van der Waals surface area contributed by atoms with Gasteiger partial charge in [0.25, 0.3) is 5.91 Å².